The van der Waals surface area contributed by atoms with Crippen LogP contribution in [0.2, 0.25) is 0 Å². The van der Waals surface area contributed by atoms with E-state index in [4.69, 9.17) is 0 Å². The molecule has 0 bridgehead atoms. The summed E-state index contributed by atoms with van der Waals surface area (Å²) < 4.78 is 23.5. The molecule has 1 fully saturated rings. The minimum absolute atomic E-state index is 0.0568. The van der Waals surface area contributed by atoms with Crippen molar-refractivity contribution in [2.45, 2.75) is 12.8 Å². The molecule has 0 aromatic carbocycles. The summed E-state index contributed by atoms with van der Waals surface area (Å²) in [5.41, 5.74) is 4.65. The highest BCUT2D eigenvalue weighted by atomic mass is 32.2. The van der Waals surface area contributed by atoms with E-state index in [1.807, 2.05) is 0 Å². The fourth-order valence-corrected chi connectivity index (χ4v) is 5.72. The van der Waals surface area contributed by atoms with Crippen molar-refractivity contribution in [3.63, 3.8) is 0 Å². The van der Waals surface area contributed by atoms with Crippen molar-refractivity contribution in [1.82, 2.24) is 10.9 Å². The molecule has 7 nitrogen and oxygen atoms in total. The third-order valence-corrected chi connectivity index (χ3v) is 7.12. The summed E-state index contributed by atoms with van der Waals surface area (Å²) in [6.45, 7) is 0.787. The second-order valence-corrected chi connectivity index (χ2v) is 9.39. The molecule has 0 aromatic heterocycles. The molecule has 118 valence electrons. The molecule has 0 unspecified atom stereocenters. The maximum absolute atomic E-state index is 11.6. The van der Waals surface area contributed by atoms with Gasteiger partial charge in [-0.15, -0.1) is 0 Å². The van der Waals surface area contributed by atoms with E-state index < -0.39 is 9.84 Å². The van der Waals surface area contributed by atoms with Crippen LogP contribution < -0.4 is 10.9 Å². The van der Waals surface area contributed by atoms with E-state index in [0.29, 0.717) is 6.42 Å². The lowest BCUT2D eigenvalue weighted by molar-refractivity contribution is -0.128. The summed E-state index contributed by atoms with van der Waals surface area (Å²) >= 11 is 2.97. The van der Waals surface area contributed by atoms with Crippen LogP contribution in [0.4, 0.5) is 0 Å². The Balaban J connectivity index is 1.61. The number of hydrogen-bond acceptors (Lipinski definition) is 7. The number of hydrogen-bond donors (Lipinski definition) is 2. The first-order valence-corrected chi connectivity index (χ1v) is 10.3. The summed E-state index contributed by atoms with van der Waals surface area (Å²) in [6.07, 6.45) is 0.631. The Morgan fingerprint density at radius 2 is 2.10 bits per heavy atom. The van der Waals surface area contributed by atoms with E-state index in [2.05, 4.69) is 15.8 Å². The van der Waals surface area contributed by atoms with Crippen LogP contribution in [0.5, 0.6) is 0 Å². The number of carbonyl (C=O) groups excluding carboxylic acids is 2. The van der Waals surface area contributed by atoms with E-state index >= 15 is 0 Å². The Bertz CT molecular complexity index is 547. The van der Waals surface area contributed by atoms with Crippen LogP contribution in [0, 0.1) is 5.92 Å². The summed E-state index contributed by atoms with van der Waals surface area (Å²) in [4.78, 5) is 27.4. The van der Waals surface area contributed by atoms with Gasteiger partial charge in [-0.3, -0.25) is 25.4 Å². The largest absolute Gasteiger partial charge is 0.273 e. The second kappa shape index (κ2) is 7.50. The van der Waals surface area contributed by atoms with Crippen LogP contribution in [0.3, 0.4) is 0 Å². The number of hydrazine groups is 1. The van der Waals surface area contributed by atoms with Gasteiger partial charge < -0.3 is 0 Å². The average molecular weight is 351 g/mol. The number of aliphatic imine (C=N–C) groups is 1. The summed E-state index contributed by atoms with van der Waals surface area (Å²) in [5.74, 6) is 0.542. The smallest absolute Gasteiger partial charge is 0.248 e. The van der Waals surface area contributed by atoms with Gasteiger partial charge >= 0.3 is 0 Å². The number of thioether (sulfide) groups is 2. The zero-order chi connectivity index (χ0) is 15.3. The van der Waals surface area contributed by atoms with Crippen LogP contribution in [0.15, 0.2) is 4.99 Å². The van der Waals surface area contributed by atoms with Gasteiger partial charge in [0.05, 0.1) is 23.8 Å². The SMILES string of the molecule is O=C(CSC1=NCCS1)NNC(=O)C[C@H]1CCS(=O)(=O)C1. The maximum atomic E-state index is 11.6. The number of amides is 2. The third kappa shape index (κ3) is 5.87. The Hall–Kier alpha value is -0.740. The Labute approximate surface area is 132 Å². The van der Waals surface area contributed by atoms with E-state index in [1.54, 1.807) is 11.8 Å². The summed E-state index contributed by atoms with van der Waals surface area (Å²) in [7, 11) is -2.98. The Morgan fingerprint density at radius 3 is 2.71 bits per heavy atom. The number of sulfone groups is 1. The lowest BCUT2D eigenvalue weighted by atomic mass is 10.1. The fourth-order valence-electron chi connectivity index (χ4n) is 2.05. The summed E-state index contributed by atoms with van der Waals surface area (Å²) in [6, 6.07) is 0. The fraction of sp³-hybridized carbons (Fsp3) is 0.727. The molecule has 0 aromatic rings. The maximum Gasteiger partial charge on any atom is 0.248 e. The molecule has 10 heteroatoms. The van der Waals surface area contributed by atoms with Crippen LogP contribution in [-0.2, 0) is 19.4 Å². The average Bonchev–Trinajstić information content (AvgIpc) is 3.03. The van der Waals surface area contributed by atoms with Gasteiger partial charge in [0.25, 0.3) is 0 Å². The van der Waals surface area contributed by atoms with Gasteiger partial charge in [0.2, 0.25) is 11.8 Å². The Morgan fingerprint density at radius 1 is 1.33 bits per heavy atom. The van der Waals surface area contributed by atoms with Crippen molar-refractivity contribution < 1.29 is 18.0 Å². The highest BCUT2D eigenvalue weighted by Gasteiger charge is 2.29. The highest BCUT2D eigenvalue weighted by Crippen LogP contribution is 2.22. The zero-order valence-electron chi connectivity index (χ0n) is 11.3. The molecule has 1 atom stereocenters. The molecule has 2 N–H and O–H groups in total. The van der Waals surface area contributed by atoms with Gasteiger partial charge in [0.15, 0.2) is 9.84 Å². The van der Waals surface area contributed by atoms with Crippen molar-refractivity contribution in [1.29, 1.82) is 0 Å². The van der Waals surface area contributed by atoms with Crippen molar-refractivity contribution in [2.24, 2.45) is 10.9 Å². The van der Waals surface area contributed by atoms with Crippen LogP contribution in [0.25, 0.3) is 0 Å². The van der Waals surface area contributed by atoms with Gasteiger partial charge in [0.1, 0.15) is 4.38 Å². The zero-order valence-corrected chi connectivity index (χ0v) is 13.8. The minimum atomic E-state index is -2.98. The quantitative estimate of drug-likeness (QED) is 0.680. The van der Waals surface area contributed by atoms with E-state index in [9.17, 15) is 18.0 Å². The van der Waals surface area contributed by atoms with Crippen LogP contribution >= 0.6 is 23.5 Å². The van der Waals surface area contributed by atoms with Crippen molar-refractivity contribution in [3.8, 4) is 0 Å². The number of nitrogens with one attached hydrogen (secondary N) is 2. The molecule has 2 amide bonds. The second-order valence-electron chi connectivity index (χ2n) is 4.85. The molecule has 0 saturated carbocycles. The lowest BCUT2D eigenvalue weighted by Crippen LogP contribution is -2.43. The van der Waals surface area contributed by atoms with E-state index in [1.165, 1.54) is 11.8 Å². The molecule has 2 aliphatic heterocycles. The standard InChI is InChI=1S/C11H17N3O4S3/c15-9(5-8-1-4-21(17,18)7-8)13-14-10(16)6-20-11-12-2-3-19-11/h8H,1-7H2,(H,13,15)(H,14,16)/t8-/m1/s1. The van der Waals surface area contributed by atoms with Crippen LogP contribution in [0.1, 0.15) is 12.8 Å². The molecule has 2 aliphatic rings. The predicted molar refractivity (Wildman–Crippen MR) is 84.9 cm³/mol. The monoisotopic (exact) mass is 351 g/mol. The minimum Gasteiger partial charge on any atom is -0.273 e. The molecular weight excluding hydrogens is 334 g/mol. The molecular formula is C11H17N3O4S3. The summed E-state index contributed by atoms with van der Waals surface area (Å²) in [5, 5.41) is 0. The molecule has 0 spiro atoms. The van der Waals surface area contributed by atoms with Gasteiger partial charge in [-0.05, 0) is 12.3 Å². The first-order chi connectivity index (χ1) is 9.94. The lowest BCUT2D eigenvalue weighted by Gasteiger charge is -2.09. The number of rotatable bonds is 4. The van der Waals surface area contributed by atoms with E-state index in [0.717, 1.165) is 16.7 Å². The molecule has 2 rings (SSSR count). The van der Waals surface area contributed by atoms with Crippen molar-refractivity contribution >= 4 is 49.6 Å². The van der Waals surface area contributed by atoms with Gasteiger partial charge in [-0.25, -0.2) is 8.42 Å². The third-order valence-electron chi connectivity index (χ3n) is 3.03. The van der Waals surface area contributed by atoms with Crippen LogP contribution in [-0.4, -0.2) is 54.2 Å². The molecule has 0 radical (unpaired) electrons. The van der Waals surface area contributed by atoms with Gasteiger partial charge in [0, 0.05) is 12.2 Å². The Kier molecular flexibility index (Phi) is 5.94. The molecule has 2 heterocycles. The molecule has 1 saturated heterocycles. The highest BCUT2D eigenvalue weighted by molar-refractivity contribution is 8.39. The van der Waals surface area contributed by atoms with Crippen molar-refractivity contribution in [3.05, 3.63) is 0 Å². The normalized spacial score (nSPS) is 23.6. The van der Waals surface area contributed by atoms with Gasteiger partial charge in [-0.2, -0.15) is 0 Å². The number of carbonyl (C=O) groups is 2. The molecule has 21 heavy (non-hydrogen) atoms. The van der Waals surface area contributed by atoms with E-state index in [-0.39, 0.29) is 41.4 Å². The first kappa shape index (κ1) is 16.6. The first-order valence-electron chi connectivity index (χ1n) is 6.53. The number of nitrogens with zero attached hydrogens (tertiary/aromatic N) is 1. The molecule has 0 aliphatic carbocycles. The van der Waals surface area contributed by atoms with Crippen molar-refractivity contribution in [2.75, 3.05) is 29.6 Å². The topological polar surface area (TPSA) is 105 Å². The predicted octanol–water partition coefficient (Wildman–Crippen LogP) is -0.205. The van der Waals surface area contributed by atoms with Gasteiger partial charge in [-0.1, -0.05) is 23.5 Å².